The monoisotopic (exact) mass is 361 g/mol. The van der Waals surface area contributed by atoms with Crippen molar-refractivity contribution in [2.45, 2.75) is 50.2 Å². The smallest absolute Gasteiger partial charge is 0.406 e. The Balaban J connectivity index is 1.93. The van der Waals surface area contributed by atoms with Crippen molar-refractivity contribution in [1.29, 1.82) is 0 Å². The van der Waals surface area contributed by atoms with E-state index in [0.717, 1.165) is 12.8 Å². The van der Waals surface area contributed by atoms with Crippen LogP contribution in [0.15, 0.2) is 24.3 Å². The van der Waals surface area contributed by atoms with Crippen LogP contribution in [-0.4, -0.2) is 36.6 Å². The maximum Gasteiger partial charge on any atom is 0.573 e. The van der Waals surface area contributed by atoms with Crippen molar-refractivity contribution >= 4 is 5.91 Å². The number of aliphatic hydroxyl groups is 1. The van der Waals surface area contributed by atoms with Gasteiger partial charge in [0.15, 0.2) is 0 Å². The summed E-state index contributed by atoms with van der Waals surface area (Å²) in [7, 11) is 1.40. The number of hydrogen-bond donors (Lipinski definition) is 2. The van der Waals surface area contributed by atoms with Gasteiger partial charge in [0, 0.05) is 13.7 Å². The lowest BCUT2D eigenvalue weighted by Crippen LogP contribution is -2.36. The van der Waals surface area contributed by atoms with Crippen LogP contribution in [0.3, 0.4) is 0 Å². The molecule has 2 rings (SSSR count). The Morgan fingerprint density at radius 2 is 2.04 bits per heavy atom. The van der Waals surface area contributed by atoms with Crippen LogP contribution in [0.1, 0.15) is 43.8 Å². The predicted octanol–water partition coefficient (Wildman–Crippen LogP) is 3.08. The molecular weight excluding hydrogens is 339 g/mol. The highest BCUT2D eigenvalue weighted by atomic mass is 19.4. The van der Waals surface area contributed by atoms with Gasteiger partial charge in [0.05, 0.1) is 18.1 Å². The van der Waals surface area contributed by atoms with E-state index in [4.69, 9.17) is 4.74 Å². The minimum atomic E-state index is -4.77. The van der Waals surface area contributed by atoms with E-state index >= 15 is 0 Å². The number of rotatable bonds is 7. The van der Waals surface area contributed by atoms with Crippen LogP contribution in [0.2, 0.25) is 0 Å². The van der Waals surface area contributed by atoms with Crippen LogP contribution < -0.4 is 10.1 Å². The van der Waals surface area contributed by atoms with Gasteiger partial charge in [-0.2, -0.15) is 0 Å². The molecule has 0 radical (unpaired) electrons. The molecule has 8 heteroatoms. The SMILES string of the molecule is CO[C@@H](CNC(=O)CC1(O)CCCC1)c1cccc(OC(F)(F)F)c1. The molecule has 1 aliphatic rings. The van der Waals surface area contributed by atoms with Crippen molar-refractivity contribution in [1.82, 2.24) is 5.32 Å². The number of amides is 1. The lowest BCUT2D eigenvalue weighted by atomic mass is 9.97. The third-order valence-electron chi connectivity index (χ3n) is 4.26. The first-order chi connectivity index (χ1) is 11.7. The molecule has 0 heterocycles. The van der Waals surface area contributed by atoms with Gasteiger partial charge in [-0.05, 0) is 30.5 Å². The molecule has 0 aromatic heterocycles. The molecule has 0 spiro atoms. The van der Waals surface area contributed by atoms with E-state index in [1.165, 1.54) is 25.3 Å². The van der Waals surface area contributed by atoms with Gasteiger partial charge in [0.1, 0.15) is 5.75 Å². The predicted molar refractivity (Wildman–Crippen MR) is 83.9 cm³/mol. The Bertz CT molecular complexity index is 586. The number of carbonyl (C=O) groups is 1. The summed E-state index contributed by atoms with van der Waals surface area (Å²) < 4.78 is 46.1. The number of carbonyl (C=O) groups excluding carboxylic acids is 1. The normalized spacial score (nSPS) is 18.0. The molecule has 1 saturated carbocycles. The Morgan fingerprint density at radius 3 is 2.64 bits per heavy atom. The van der Waals surface area contributed by atoms with E-state index < -0.39 is 18.1 Å². The zero-order valence-corrected chi connectivity index (χ0v) is 13.9. The number of nitrogens with one attached hydrogen (secondary N) is 1. The molecule has 2 N–H and O–H groups in total. The standard InChI is InChI=1S/C17H22F3NO4/c1-24-14(11-21-15(22)10-16(23)7-2-3-8-16)12-5-4-6-13(9-12)25-17(18,19)20/h4-6,9,14,23H,2-3,7-8,10-11H2,1H3,(H,21,22)/t14-/m0/s1. The maximum atomic E-state index is 12.3. The summed E-state index contributed by atoms with van der Waals surface area (Å²) in [6.45, 7) is 0.0842. The van der Waals surface area contributed by atoms with Crippen LogP contribution in [0.25, 0.3) is 0 Å². The van der Waals surface area contributed by atoms with Crippen LogP contribution in [-0.2, 0) is 9.53 Å². The molecular formula is C17H22F3NO4. The van der Waals surface area contributed by atoms with Gasteiger partial charge >= 0.3 is 6.36 Å². The first-order valence-electron chi connectivity index (χ1n) is 8.08. The molecule has 1 aliphatic carbocycles. The van der Waals surface area contributed by atoms with E-state index in [2.05, 4.69) is 10.1 Å². The van der Waals surface area contributed by atoms with E-state index in [9.17, 15) is 23.1 Å². The first kappa shape index (κ1) is 19.5. The van der Waals surface area contributed by atoms with Crippen LogP contribution >= 0.6 is 0 Å². The Morgan fingerprint density at radius 1 is 1.36 bits per heavy atom. The maximum absolute atomic E-state index is 12.3. The lowest BCUT2D eigenvalue weighted by Gasteiger charge is -2.22. The molecule has 25 heavy (non-hydrogen) atoms. The van der Waals surface area contributed by atoms with Crippen molar-refractivity contribution in [3.63, 3.8) is 0 Å². The van der Waals surface area contributed by atoms with Gasteiger partial charge in [-0.15, -0.1) is 13.2 Å². The third kappa shape index (κ3) is 6.21. The second kappa shape index (κ2) is 8.05. The van der Waals surface area contributed by atoms with Gasteiger partial charge in [-0.1, -0.05) is 25.0 Å². The third-order valence-corrected chi connectivity index (χ3v) is 4.26. The summed E-state index contributed by atoms with van der Waals surface area (Å²) in [6.07, 6.45) is -2.38. The second-order valence-electron chi connectivity index (χ2n) is 6.26. The quantitative estimate of drug-likeness (QED) is 0.783. The molecule has 1 aromatic carbocycles. The minimum absolute atomic E-state index is 0.0145. The first-order valence-corrected chi connectivity index (χ1v) is 8.08. The Hall–Kier alpha value is -1.80. The summed E-state index contributed by atoms with van der Waals surface area (Å²) in [5.41, 5.74) is -0.503. The molecule has 0 unspecified atom stereocenters. The molecule has 0 bridgehead atoms. The average molecular weight is 361 g/mol. The summed E-state index contributed by atoms with van der Waals surface area (Å²) in [6, 6.07) is 5.43. The van der Waals surface area contributed by atoms with Crippen molar-refractivity contribution in [3.8, 4) is 5.75 Å². The van der Waals surface area contributed by atoms with E-state index in [0.29, 0.717) is 18.4 Å². The summed E-state index contributed by atoms with van der Waals surface area (Å²) in [4.78, 5) is 12.0. The molecule has 1 aromatic rings. The number of alkyl halides is 3. The number of halogens is 3. The molecule has 1 atom stereocenters. The highest BCUT2D eigenvalue weighted by Gasteiger charge is 2.33. The largest absolute Gasteiger partial charge is 0.573 e. The molecule has 0 saturated heterocycles. The van der Waals surface area contributed by atoms with E-state index in [-0.39, 0.29) is 24.6 Å². The van der Waals surface area contributed by atoms with Crippen molar-refractivity contribution < 1.29 is 32.5 Å². The van der Waals surface area contributed by atoms with Crippen LogP contribution in [0.5, 0.6) is 5.75 Å². The van der Waals surface area contributed by atoms with Gasteiger partial charge in [-0.25, -0.2) is 0 Å². The second-order valence-corrected chi connectivity index (χ2v) is 6.26. The average Bonchev–Trinajstić information content (AvgIpc) is 2.92. The fourth-order valence-electron chi connectivity index (χ4n) is 3.03. The Kier molecular flexibility index (Phi) is 6.29. The van der Waals surface area contributed by atoms with Crippen molar-refractivity contribution in [2.75, 3.05) is 13.7 Å². The van der Waals surface area contributed by atoms with Crippen molar-refractivity contribution in [3.05, 3.63) is 29.8 Å². The molecule has 5 nitrogen and oxygen atoms in total. The van der Waals surface area contributed by atoms with Gasteiger partial charge < -0.3 is 19.9 Å². The fraction of sp³-hybridized carbons (Fsp3) is 0.588. The molecule has 1 amide bonds. The fourth-order valence-corrected chi connectivity index (χ4v) is 3.03. The van der Waals surface area contributed by atoms with Gasteiger partial charge in [0.2, 0.25) is 5.91 Å². The number of hydrogen-bond acceptors (Lipinski definition) is 4. The lowest BCUT2D eigenvalue weighted by molar-refractivity contribution is -0.274. The zero-order chi connectivity index (χ0) is 18.5. The molecule has 0 aliphatic heterocycles. The summed E-state index contributed by atoms with van der Waals surface area (Å²) in [5, 5.41) is 12.9. The van der Waals surface area contributed by atoms with Crippen LogP contribution in [0, 0.1) is 0 Å². The zero-order valence-electron chi connectivity index (χ0n) is 13.9. The summed E-state index contributed by atoms with van der Waals surface area (Å²) in [5.74, 6) is -0.659. The molecule has 140 valence electrons. The van der Waals surface area contributed by atoms with Gasteiger partial charge in [-0.3, -0.25) is 4.79 Å². The van der Waals surface area contributed by atoms with Crippen molar-refractivity contribution in [2.24, 2.45) is 0 Å². The summed E-state index contributed by atoms with van der Waals surface area (Å²) >= 11 is 0. The number of benzene rings is 1. The highest BCUT2D eigenvalue weighted by Crippen LogP contribution is 2.32. The molecule has 1 fully saturated rings. The Labute approximate surface area is 144 Å². The van der Waals surface area contributed by atoms with Crippen LogP contribution in [0.4, 0.5) is 13.2 Å². The number of ether oxygens (including phenoxy) is 2. The van der Waals surface area contributed by atoms with E-state index in [1.54, 1.807) is 6.07 Å². The minimum Gasteiger partial charge on any atom is -0.406 e. The highest BCUT2D eigenvalue weighted by molar-refractivity contribution is 5.77. The number of methoxy groups -OCH3 is 1. The van der Waals surface area contributed by atoms with E-state index in [1.807, 2.05) is 0 Å². The van der Waals surface area contributed by atoms with Gasteiger partial charge in [0.25, 0.3) is 0 Å². The topological polar surface area (TPSA) is 67.8 Å².